The maximum absolute atomic E-state index is 5.93. The molecule has 1 aromatic heterocycles. The van der Waals surface area contributed by atoms with Gasteiger partial charge in [0.1, 0.15) is 11.3 Å². The summed E-state index contributed by atoms with van der Waals surface area (Å²) in [5.74, 6) is 0.994. The van der Waals surface area contributed by atoms with Gasteiger partial charge >= 0.3 is 0 Å². The third kappa shape index (κ3) is 2.54. The molecule has 0 aliphatic rings. The molecule has 3 heteroatoms. The summed E-state index contributed by atoms with van der Waals surface area (Å²) in [6.07, 6.45) is 0. The van der Waals surface area contributed by atoms with Crippen LogP contribution >= 0.6 is 34.4 Å². The second-order valence-electron chi connectivity index (χ2n) is 4.50. The van der Waals surface area contributed by atoms with Crippen LogP contribution in [0.15, 0.2) is 56.7 Å². The average molecular weight is 380 g/mol. The number of fused-ring (bicyclic) bond motifs is 1. The van der Waals surface area contributed by atoms with Crippen LogP contribution < -0.4 is 0 Å². The summed E-state index contributed by atoms with van der Waals surface area (Å²) in [5.41, 5.74) is 2.21. The minimum atomic E-state index is 0.994. The van der Waals surface area contributed by atoms with Crippen molar-refractivity contribution < 1.29 is 4.42 Å². The molecule has 3 aromatic rings. The molecule has 0 N–H and O–H groups in total. The van der Waals surface area contributed by atoms with E-state index >= 15 is 0 Å². The van der Waals surface area contributed by atoms with E-state index in [1.54, 1.807) is 11.8 Å². The van der Waals surface area contributed by atoms with Gasteiger partial charge in [0.25, 0.3) is 0 Å². The fourth-order valence-electron chi connectivity index (χ4n) is 2.16. The number of hydrogen-bond donors (Lipinski definition) is 0. The topological polar surface area (TPSA) is 13.1 Å². The molecular formula is C16H13IOS. The van der Waals surface area contributed by atoms with Gasteiger partial charge in [-0.15, -0.1) is 0 Å². The van der Waals surface area contributed by atoms with Crippen LogP contribution in [0.5, 0.6) is 0 Å². The van der Waals surface area contributed by atoms with E-state index in [9.17, 15) is 0 Å². The Morgan fingerprint density at radius 2 is 1.79 bits per heavy atom. The Balaban J connectivity index is 2.15. The van der Waals surface area contributed by atoms with E-state index in [0.717, 1.165) is 11.3 Å². The van der Waals surface area contributed by atoms with Crippen molar-refractivity contribution in [3.8, 4) is 0 Å². The molecule has 0 saturated carbocycles. The number of halogens is 1. The molecule has 19 heavy (non-hydrogen) atoms. The van der Waals surface area contributed by atoms with E-state index in [4.69, 9.17) is 4.42 Å². The maximum atomic E-state index is 5.93. The van der Waals surface area contributed by atoms with E-state index in [1.807, 2.05) is 13.0 Å². The van der Waals surface area contributed by atoms with Gasteiger partial charge in [-0.05, 0) is 66.3 Å². The first-order valence-corrected chi connectivity index (χ1v) is 7.97. The van der Waals surface area contributed by atoms with Crippen LogP contribution in [0.25, 0.3) is 11.0 Å². The lowest BCUT2D eigenvalue weighted by Gasteiger charge is -2.01. The lowest BCUT2D eigenvalue weighted by atomic mass is 10.2. The van der Waals surface area contributed by atoms with Gasteiger partial charge in [-0.3, -0.25) is 0 Å². The number of benzene rings is 2. The fourth-order valence-corrected chi connectivity index (χ4v) is 3.91. The first kappa shape index (κ1) is 13.1. The average Bonchev–Trinajstić information content (AvgIpc) is 2.69. The maximum Gasteiger partial charge on any atom is 0.138 e. The van der Waals surface area contributed by atoms with Crippen molar-refractivity contribution in [2.75, 3.05) is 0 Å². The number of hydrogen-bond acceptors (Lipinski definition) is 2. The van der Waals surface area contributed by atoms with E-state index in [-0.39, 0.29) is 0 Å². The highest BCUT2D eigenvalue weighted by Crippen LogP contribution is 2.39. The van der Waals surface area contributed by atoms with Crippen molar-refractivity contribution in [3.05, 3.63) is 57.4 Å². The molecule has 0 spiro atoms. The molecule has 0 aliphatic carbocycles. The van der Waals surface area contributed by atoms with Crippen LogP contribution in [0.4, 0.5) is 0 Å². The number of rotatable bonds is 2. The zero-order chi connectivity index (χ0) is 13.4. The molecule has 0 atom stereocenters. The van der Waals surface area contributed by atoms with Crippen LogP contribution in [0.1, 0.15) is 11.3 Å². The normalized spacial score (nSPS) is 11.1. The van der Waals surface area contributed by atoms with Gasteiger partial charge in [0.05, 0.1) is 4.90 Å². The Labute approximate surface area is 130 Å². The van der Waals surface area contributed by atoms with E-state index < -0.39 is 0 Å². The van der Waals surface area contributed by atoms with Gasteiger partial charge in [-0.25, -0.2) is 0 Å². The SMILES string of the molecule is Cc1oc2c(C)cc(I)cc2c1Sc1ccccc1. The first-order valence-electron chi connectivity index (χ1n) is 6.07. The van der Waals surface area contributed by atoms with Gasteiger partial charge < -0.3 is 4.42 Å². The molecule has 0 saturated heterocycles. The standard InChI is InChI=1S/C16H13IOS/c1-10-8-12(17)9-14-15(10)18-11(2)16(14)19-13-6-4-3-5-7-13/h3-9H,1-2H3. The molecule has 2 aromatic carbocycles. The smallest absolute Gasteiger partial charge is 0.138 e. The van der Waals surface area contributed by atoms with Crippen molar-refractivity contribution in [2.45, 2.75) is 23.6 Å². The molecule has 0 unspecified atom stereocenters. The summed E-state index contributed by atoms with van der Waals surface area (Å²) in [4.78, 5) is 2.47. The summed E-state index contributed by atoms with van der Waals surface area (Å²) in [6.45, 7) is 4.14. The van der Waals surface area contributed by atoms with Crippen LogP contribution in [0.3, 0.4) is 0 Å². The Hall–Kier alpha value is -0.940. The summed E-state index contributed by atoms with van der Waals surface area (Å²) >= 11 is 4.13. The zero-order valence-corrected chi connectivity index (χ0v) is 13.7. The predicted octanol–water partition coefficient (Wildman–Crippen LogP) is 5.81. The number of aryl methyl sites for hydroxylation is 2. The second kappa shape index (κ2) is 5.21. The number of furan rings is 1. The summed E-state index contributed by atoms with van der Waals surface area (Å²) < 4.78 is 7.18. The Morgan fingerprint density at radius 1 is 1.05 bits per heavy atom. The molecule has 0 fully saturated rings. The highest BCUT2D eigenvalue weighted by Gasteiger charge is 2.14. The van der Waals surface area contributed by atoms with Crippen molar-refractivity contribution in [1.82, 2.24) is 0 Å². The van der Waals surface area contributed by atoms with E-state index in [0.29, 0.717) is 0 Å². The highest BCUT2D eigenvalue weighted by molar-refractivity contribution is 14.1. The van der Waals surface area contributed by atoms with Gasteiger partial charge in [-0.1, -0.05) is 30.0 Å². The van der Waals surface area contributed by atoms with Crippen LogP contribution in [0, 0.1) is 17.4 Å². The van der Waals surface area contributed by atoms with Gasteiger partial charge in [0, 0.05) is 13.9 Å². The third-order valence-electron chi connectivity index (χ3n) is 3.02. The predicted molar refractivity (Wildman–Crippen MR) is 89.0 cm³/mol. The molecule has 1 nitrogen and oxygen atoms in total. The minimum Gasteiger partial charge on any atom is -0.460 e. The van der Waals surface area contributed by atoms with Crippen molar-refractivity contribution >= 4 is 45.3 Å². The van der Waals surface area contributed by atoms with Gasteiger partial charge in [0.15, 0.2) is 0 Å². The van der Waals surface area contributed by atoms with Crippen LogP contribution in [0.2, 0.25) is 0 Å². The summed E-state index contributed by atoms with van der Waals surface area (Å²) in [5, 5.41) is 1.22. The monoisotopic (exact) mass is 380 g/mol. The molecule has 0 amide bonds. The Kier molecular flexibility index (Phi) is 3.58. The lowest BCUT2D eigenvalue weighted by molar-refractivity contribution is 0.566. The van der Waals surface area contributed by atoms with E-state index in [2.05, 4.69) is 65.9 Å². The minimum absolute atomic E-state index is 0.994. The van der Waals surface area contributed by atoms with E-state index in [1.165, 1.54) is 24.3 Å². The Morgan fingerprint density at radius 3 is 2.53 bits per heavy atom. The lowest BCUT2D eigenvalue weighted by Crippen LogP contribution is -1.78. The van der Waals surface area contributed by atoms with Gasteiger partial charge in [0.2, 0.25) is 0 Å². The molecule has 96 valence electrons. The van der Waals surface area contributed by atoms with Crippen LogP contribution in [-0.4, -0.2) is 0 Å². The quantitative estimate of drug-likeness (QED) is 0.521. The highest BCUT2D eigenvalue weighted by atomic mass is 127. The molecule has 0 radical (unpaired) electrons. The summed E-state index contributed by atoms with van der Waals surface area (Å²) in [7, 11) is 0. The van der Waals surface area contributed by atoms with Crippen molar-refractivity contribution in [3.63, 3.8) is 0 Å². The fraction of sp³-hybridized carbons (Fsp3) is 0.125. The third-order valence-corrected chi connectivity index (χ3v) is 4.86. The molecular weight excluding hydrogens is 367 g/mol. The van der Waals surface area contributed by atoms with Crippen LogP contribution in [-0.2, 0) is 0 Å². The summed E-state index contributed by atoms with van der Waals surface area (Å²) in [6, 6.07) is 14.8. The van der Waals surface area contributed by atoms with Crippen molar-refractivity contribution in [2.24, 2.45) is 0 Å². The van der Waals surface area contributed by atoms with Crippen molar-refractivity contribution in [1.29, 1.82) is 0 Å². The largest absolute Gasteiger partial charge is 0.460 e. The zero-order valence-electron chi connectivity index (χ0n) is 10.7. The Bertz CT molecular complexity index is 731. The molecule has 0 bridgehead atoms. The first-order chi connectivity index (χ1) is 9.15. The molecule has 3 rings (SSSR count). The molecule has 0 aliphatic heterocycles. The molecule has 1 heterocycles. The second-order valence-corrected chi connectivity index (χ2v) is 6.83. The van der Waals surface area contributed by atoms with Gasteiger partial charge in [-0.2, -0.15) is 0 Å².